The third-order valence-electron chi connectivity index (χ3n) is 7.05. The Morgan fingerprint density at radius 1 is 1.11 bits per heavy atom. The fourth-order valence-electron chi connectivity index (χ4n) is 5.31. The van der Waals surface area contributed by atoms with Gasteiger partial charge in [0.05, 0.1) is 38.7 Å². The molecule has 37 heavy (non-hydrogen) atoms. The highest BCUT2D eigenvalue weighted by atomic mass is 32.2. The van der Waals surface area contributed by atoms with Crippen molar-refractivity contribution >= 4 is 52.6 Å². The number of thioether (sulfide) groups is 2. The molecule has 3 unspecified atom stereocenters. The maximum absolute atomic E-state index is 14.0. The van der Waals surface area contributed by atoms with E-state index in [1.54, 1.807) is 36.0 Å². The summed E-state index contributed by atoms with van der Waals surface area (Å²) in [6.07, 6.45) is 3.35. The Balaban J connectivity index is 1.66. The number of piperidine rings is 1. The summed E-state index contributed by atoms with van der Waals surface area (Å²) in [4.78, 5) is 41.4. The molecule has 1 saturated heterocycles. The van der Waals surface area contributed by atoms with Crippen molar-refractivity contribution in [2.24, 2.45) is 11.3 Å². The van der Waals surface area contributed by atoms with Crippen LogP contribution in [0.1, 0.15) is 25.0 Å². The van der Waals surface area contributed by atoms with Crippen LogP contribution < -0.4 is 9.64 Å². The van der Waals surface area contributed by atoms with E-state index in [1.165, 1.54) is 37.1 Å². The minimum atomic E-state index is -0.880. The normalized spacial score (nSPS) is 24.6. The molecule has 2 amide bonds. The Kier molecular flexibility index (Phi) is 7.94. The fraction of sp³-hybridized carbons (Fsp3) is 0.393. The third-order valence-corrected chi connectivity index (χ3v) is 9.73. The van der Waals surface area contributed by atoms with Crippen LogP contribution in [-0.4, -0.2) is 55.4 Å². The van der Waals surface area contributed by atoms with E-state index in [1.807, 2.05) is 44.4 Å². The van der Waals surface area contributed by atoms with Gasteiger partial charge in [-0.05, 0) is 48.6 Å². The van der Waals surface area contributed by atoms with Crippen molar-refractivity contribution < 1.29 is 28.6 Å². The fourth-order valence-corrected chi connectivity index (χ4v) is 8.23. The summed E-state index contributed by atoms with van der Waals surface area (Å²) < 4.78 is 14.7. The molecule has 0 radical (unpaired) electrons. The Hall–Kier alpha value is -2.91. The summed E-state index contributed by atoms with van der Waals surface area (Å²) in [6, 6.07) is 14.5. The van der Waals surface area contributed by atoms with Gasteiger partial charge in [0.2, 0.25) is 5.91 Å². The highest BCUT2D eigenvalue weighted by Crippen LogP contribution is 2.74. The second-order valence-electron chi connectivity index (χ2n) is 9.13. The summed E-state index contributed by atoms with van der Waals surface area (Å²) in [7, 11) is 2.79. The molecule has 1 aliphatic heterocycles. The van der Waals surface area contributed by atoms with Gasteiger partial charge in [0.1, 0.15) is 16.1 Å². The SMILES string of the molecule is CCOc1ccc(N2C(=O)C3C(C)(CSC)C3(SCc3ccccc3C(=COC)C(=O)OC)C2=O)cc1. The van der Waals surface area contributed by atoms with Gasteiger partial charge in [-0.1, -0.05) is 31.2 Å². The standard InChI is InChI=1S/C28H31NO6S2/c1-6-35-20-13-11-19(12-14-20)29-24(30)23-27(2,17-36-5)28(23,26(29)32)37-16-18-9-7-8-10-21(18)22(15-33-3)25(31)34-4/h7-15,23H,6,16-17H2,1-5H3. The number of carbonyl (C=O) groups is 3. The lowest BCUT2D eigenvalue weighted by molar-refractivity contribution is -0.134. The smallest absolute Gasteiger partial charge is 0.341 e. The van der Waals surface area contributed by atoms with Gasteiger partial charge in [-0.25, -0.2) is 9.69 Å². The zero-order valence-electron chi connectivity index (χ0n) is 21.6. The second kappa shape index (κ2) is 10.8. The highest BCUT2D eigenvalue weighted by Gasteiger charge is 2.86. The lowest BCUT2D eigenvalue weighted by Crippen LogP contribution is -2.42. The van der Waals surface area contributed by atoms with E-state index < -0.39 is 22.0 Å². The lowest BCUT2D eigenvalue weighted by Gasteiger charge is -2.27. The largest absolute Gasteiger partial charge is 0.503 e. The number of carbonyl (C=O) groups excluding carboxylic acids is 3. The van der Waals surface area contributed by atoms with Gasteiger partial charge in [0.25, 0.3) is 5.91 Å². The van der Waals surface area contributed by atoms with Crippen LogP contribution in [0.5, 0.6) is 5.75 Å². The zero-order valence-corrected chi connectivity index (χ0v) is 23.2. The van der Waals surface area contributed by atoms with Gasteiger partial charge in [-0.2, -0.15) is 11.8 Å². The minimum absolute atomic E-state index is 0.166. The minimum Gasteiger partial charge on any atom is -0.503 e. The molecule has 0 N–H and O–H groups in total. The highest BCUT2D eigenvalue weighted by molar-refractivity contribution is 8.01. The van der Waals surface area contributed by atoms with Gasteiger partial charge in [0.15, 0.2) is 0 Å². The van der Waals surface area contributed by atoms with Crippen LogP contribution in [0.25, 0.3) is 5.57 Å². The van der Waals surface area contributed by atoms with E-state index in [-0.39, 0.29) is 11.8 Å². The lowest BCUT2D eigenvalue weighted by atomic mass is 10.0. The molecule has 1 aliphatic carbocycles. The van der Waals surface area contributed by atoms with Crippen molar-refractivity contribution in [3.05, 3.63) is 65.9 Å². The topological polar surface area (TPSA) is 82.1 Å². The zero-order chi connectivity index (χ0) is 26.8. The quantitative estimate of drug-likeness (QED) is 0.174. The van der Waals surface area contributed by atoms with Crippen LogP contribution in [0.3, 0.4) is 0 Å². The monoisotopic (exact) mass is 541 g/mol. The first-order chi connectivity index (χ1) is 17.8. The van der Waals surface area contributed by atoms with Gasteiger partial charge in [0, 0.05) is 16.9 Å². The molecular weight excluding hydrogens is 510 g/mol. The van der Waals surface area contributed by atoms with Crippen LogP contribution >= 0.6 is 23.5 Å². The van der Waals surface area contributed by atoms with E-state index in [9.17, 15) is 14.4 Å². The van der Waals surface area contributed by atoms with Crippen LogP contribution in [0.2, 0.25) is 0 Å². The molecule has 2 aromatic carbocycles. The van der Waals surface area contributed by atoms with Gasteiger partial charge >= 0.3 is 5.97 Å². The van der Waals surface area contributed by atoms with Crippen molar-refractivity contribution in [3.8, 4) is 5.75 Å². The Labute approximate surface area is 225 Å². The van der Waals surface area contributed by atoms with E-state index >= 15 is 0 Å². The Morgan fingerprint density at radius 3 is 2.43 bits per heavy atom. The molecule has 196 valence electrons. The molecule has 1 saturated carbocycles. The molecule has 4 rings (SSSR count). The number of hydrogen-bond acceptors (Lipinski definition) is 8. The molecule has 2 fully saturated rings. The maximum Gasteiger partial charge on any atom is 0.341 e. The number of methoxy groups -OCH3 is 2. The number of rotatable bonds is 11. The number of anilines is 1. The molecule has 2 aromatic rings. The molecule has 0 bridgehead atoms. The number of benzene rings is 2. The van der Waals surface area contributed by atoms with Gasteiger partial charge in [-0.15, -0.1) is 11.8 Å². The number of hydrogen-bond donors (Lipinski definition) is 0. The molecule has 9 heteroatoms. The Bertz CT molecular complexity index is 1230. The number of amides is 2. The molecular formula is C28H31NO6S2. The predicted molar refractivity (Wildman–Crippen MR) is 148 cm³/mol. The van der Waals surface area contributed by atoms with E-state index in [4.69, 9.17) is 14.2 Å². The second-order valence-corrected chi connectivity index (χ2v) is 11.2. The van der Waals surface area contributed by atoms with Crippen molar-refractivity contribution in [3.63, 3.8) is 0 Å². The molecule has 3 atom stereocenters. The van der Waals surface area contributed by atoms with E-state index in [0.717, 1.165) is 5.56 Å². The first-order valence-electron chi connectivity index (χ1n) is 11.9. The van der Waals surface area contributed by atoms with Crippen molar-refractivity contribution in [1.29, 1.82) is 0 Å². The average molecular weight is 542 g/mol. The van der Waals surface area contributed by atoms with Crippen LogP contribution in [0.4, 0.5) is 5.69 Å². The predicted octanol–water partition coefficient (Wildman–Crippen LogP) is 4.79. The molecule has 0 aromatic heterocycles. The number of ether oxygens (including phenoxy) is 3. The van der Waals surface area contributed by atoms with Gasteiger partial charge < -0.3 is 14.2 Å². The summed E-state index contributed by atoms with van der Waals surface area (Å²) in [5.41, 5.74) is 1.91. The van der Waals surface area contributed by atoms with Crippen molar-refractivity contribution in [2.75, 3.05) is 37.7 Å². The van der Waals surface area contributed by atoms with Crippen molar-refractivity contribution in [1.82, 2.24) is 0 Å². The molecule has 7 nitrogen and oxygen atoms in total. The summed E-state index contributed by atoms with van der Waals surface area (Å²) in [5, 5.41) is 0. The van der Waals surface area contributed by atoms with E-state index in [0.29, 0.717) is 40.7 Å². The number of fused-ring (bicyclic) bond motifs is 1. The molecule has 1 heterocycles. The Morgan fingerprint density at radius 2 is 1.81 bits per heavy atom. The third kappa shape index (κ3) is 4.42. The van der Waals surface area contributed by atoms with Crippen LogP contribution in [-0.2, 0) is 29.6 Å². The van der Waals surface area contributed by atoms with Crippen LogP contribution in [0.15, 0.2) is 54.8 Å². The molecule has 2 aliphatic rings. The number of esters is 1. The van der Waals surface area contributed by atoms with Gasteiger partial charge in [-0.3, -0.25) is 9.59 Å². The first kappa shape index (κ1) is 27.1. The van der Waals surface area contributed by atoms with Crippen LogP contribution in [0, 0.1) is 11.3 Å². The number of imide groups is 1. The maximum atomic E-state index is 14.0. The molecule has 0 spiro atoms. The first-order valence-corrected chi connectivity index (χ1v) is 14.3. The van der Waals surface area contributed by atoms with E-state index in [2.05, 4.69) is 0 Å². The van der Waals surface area contributed by atoms with Crippen molar-refractivity contribution in [2.45, 2.75) is 24.3 Å². The summed E-state index contributed by atoms with van der Waals surface area (Å²) in [6.45, 7) is 4.47. The summed E-state index contributed by atoms with van der Waals surface area (Å²) >= 11 is 3.12. The average Bonchev–Trinajstić information content (AvgIpc) is 3.34. The summed E-state index contributed by atoms with van der Waals surface area (Å²) in [5.74, 6) is 0.533. The number of nitrogens with zero attached hydrogens (tertiary/aromatic N) is 1.